The molecule has 0 aromatic rings. The van der Waals surface area contributed by atoms with Gasteiger partial charge >= 0.3 is 12.1 Å². The van der Waals surface area contributed by atoms with E-state index in [1.165, 1.54) is 0 Å². The van der Waals surface area contributed by atoms with Crippen LogP contribution in [0.4, 0.5) is 4.79 Å². The molecule has 0 radical (unpaired) electrons. The fraction of sp³-hybridized carbons (Fsp3) is 0.812. The summed E-state index contributed by atoms with van der Waals surface area (Å²) in [6.07, 6.45) is 1.92. The highest BCUT2D eigenvalue weighted by atomic mass is 16.6. The van der Waals surface area contributed by atoms with Gasteiger partial charge in [0, 0.05) is 6.54 Å². The van der Waals surface area contributed by atoms with Crippen molar-refractivity contribution in [2.45, 2.75) is 71.9 Å². The number of nitrogens with one attached hydrogen (secondary N) is 2. The molecule has 0 saturated heterocycles. The Labute approximate surface area is 138 Å². The molecule has 0 fully saturated rings. The van der Waals surface area contributed by atoms with Crippen LogP contribution in [0.3, 0.4) is 0 Å². The van der Waals surface area contributed by atoms with E-state index in [4.69, 9.17) is 9.47 Å². The first-order valence-corrected chi connectivity index (χ1v) is 8.12. The highest BCUT2D eigenvalue weighted by Gasteiger charge is 2.26. The molecule has 7 heteroatoms. The molecule has 7 nitrogen and oxygen atoms in total. The lowest BCUT2D eigenvalue weighted by Gasteiger charge is -2.23. The van der Waals surface area contributed by atoms with Gasteiger partial charge in [0.2, 0.25) is 5.91 Å². The van der Waals surface area contributed by atoms with Crippen LogP contribution < -0.4 is 10.6 Å². The molecule has 0 aliphatic carbocycles. The van der Waals surface area contributed by atoms with E-state index in [9.17, 15) is 14.4 Å². The van der Waals surface area contributed by atoms with Gasteiger partial charge in [-0.05, 0) is 34.1 Å². The van der Waals surface area contributed by atoms with Crippen molar-refractivity contribution in [3.8, 4) is 0 Å². The molecule has 0 aliphatic rings. The van der Waals surface area contributed by atoms with Crippen molar-refractivity contribution in [1.29, 1.82) is 0 Å². The topological polar surface area (TPSA) is 93.7 Å². The first-order valence-electron chi connectivity index (χ1n) is 8.12. The molecule has 0 spiro atoms. The average Bonchev–Trinajstić information content (AvgIpc) is 2.40. The van der Waals surface area contributed by atoms with Crippen molar-refractivity contribution < 1.29 is 23.9 Å². The minimum absolute atomic E-state index is 0.218. The molecule has 0 heterocycles. The zero-order chi connectivity index (χ0) is 17.9. The van der Waals surface area contributed by atoms with Crippen molar-refractivity contribution in [3.05, 3.63) is 0 Å². The van der Waals surface area contributed by atoms with E-state index in [-0.39, 0.29) is 13.0 Å². The summed E-state index contributed by atoms with van der Waals surface area (Å²) >= 11 is 0. The predicted octanol–water partition coefficient (Wildman–Crippen LogP) is 2.14. The molecule has 0 aliphatic heterocycles. The highest BCUT2D eigenvalue weighted by Crippen LogP contribution is 2.07. The lowest BCUT2D eigenvalue weighted by molar-refractivity contribution is -0.145. The predicted molar refractivity (Wildman–Crippen MR) is 86.9 cm³/mol. The average molecular weight is 330 g/mol. The lowest BCUT2D eigenvalue weighted by atomic mass is 10.2. The third kappa shape index (κ3) is 11.4. The number of amides is 2. The molecule has 2 N–H and O–H groups in total. The SMILES string of the molecule is CCCCCNC(=O)C(CC(=O)OCC)NC(=O)OC(C)(C)C. The number of ether oxygens (including phenoxy) is 2. The summed E-state index contributed by atoms with van der Waals surface area (Å²) in [5.41, 5.74) is -0.684. The number of esters is 1. The Bertz CT molecular complexity index is 390. The van der Waals surface area contributed by atoms with E-state index < -0.39 is 29.6 Å². The first kappa shape index (κ1) is 21.2. The Kier molecular flexibility index (Phi) is 10.0. The number of carbonyl (C=O) groups is 3. The van der Waals surface area contributed by atoms with Crippen molar-refractivity contribution in [1.82, 2.24) is 10.6 Å². The molecule has 134 valence electrons. The monoisotopic (exact) mass is 330 g/mol. The van der Waals surface area contributed by atoms with Gasteiger partial charge in [-0.3, -0.25) is 9.59 Å². The van der Waals surface area contributed by atoms with Crippen molar-refractivity contribution in [3.63, 3.8) is 0 Å². The van der Waals surface area contributed by atoms with Gasteiger partial charge in [0.25, 0.3) is 0 Å². The van der Waals surface area contributed by atoms with Crippen LogP contribution >= 0.6 is 0 Å². The van der Waals surface area contributed by atoms with Gasteiger partial charge in [-0.25, -0.2) is 4.79 Å². The number of hydrogen-bond acceptors (Lipinski definition) is 5. The maximum atomic E-state index is 12.2. The van der Waals surface area contributed by atoms with E-state index in [0.29, 0.717) is 6.54 Å². The van der Waals surface area contributed by atoms with Crippen LogP contribution in [0.5, 0.6) is 0 Å². The molecule has 2 amide bonds. The summed E-state index contributed by atoms with van der Waals surface area (Å²) in [5.74, 6) is -0.961. The van der Waals surface area contributed by atoms with Gasteiger partial charge in [0.1, 0.15) is 11.6 Å². The maximum absolute atomic E-state index is 12.2. The van der Waals surface area contributed by atoms with Gasteiger partial charge in [-0.15, -0.1) is 0 Å². The summed E-state index contributed by atoms with van der Waals surface area (Å²) in [6, 6.07) is -1.01. The molecule has 1 unspecified atom stereocenters. The number of carbonyl (C=O) groups excluding carboxylic acids is 3. The van der Waals surface area contributed by atoms with Crippen LogP contribution in [-0.2, 0) is 19.1 Å². The summed E-state index contributed by atoms with van der Waals surface area (Å²) in [7, 11) is 0. The van der Waals surface area contributed by atoms with Crippen LogP contribution in [0.25, 0.3) is 0 Å². The lowest BCUT2D eigenvalue weighted by Crippen LogP contribution is -2.49. The van der Waals surface area contributed by atoms with E-state index in [1.807, 2.05) is 0 Å². The van der Waals surface area contributed by atoms with Gasteiger partial charge in [0.15, 0.2) is 0 Å². The van der Waals surface area contributed by atoms with Crippen molar-refractivity contribution in [2.24, 2.45) is 0 Å². The fourth-order valence-corrected chi connectivity index (χ4v) is 1.76. The van der Waals surface area contributed by atoms with E-state index in [1.54, 1.807) is 27.7 Å². The van der Waals surface area contributed by atoms with Crippen LogP contribution in [0.15, 0.2) is 0 Å². The summed E-state index contributed by atoms with van der Waals surface area (Å²) in [5, 5.41) is 5.15. The van der Waals surface area contributed by atoms with E-state index >= 15 is 0 Å². The largest absolute Gasteiger partial charge is 0.466 e. The van der Waals surface area contributed by atoms with Crippen LogP contribution in [0.2, 0.25) is 0 Å². The maximum Gasteiger partial charge on any atom is 0.408 e. The third-order valence-electron chi connectivity index (χ3n) is 2.76. The van der Waals surface area contributed by atoms with Gasteiger partial charge in [0.05, 0.1) is 13.0 Å². The second-order valence-corrected chi connectivity index (χ2v) is 6.21. The molecule has 0 aromatic carbocycles. The van der Waals surface area contributed by atoms with E-state index in [2.05, 4.69) is 17.6 Å². The standard InChI is InChI=1S/C16H30N2O5/c1-6-8-9-10-17-14(20)12(11-13(19)22-7-2)18-15(21)23-16(3,4)5/h12H,6-11H2,1-5H3,(H,17,20)(H,18,21). The quantitative estimate of drug-likeness (QED) is 0.499. The highest BCUT2D eigenvalue weighted by molar-refractivity contribution is 5.89. The third-order valence-corrected chi connectivity index (χ3v) is 2.76. The Hall–Kier alpha value is -1.79. The smallest absolute Gasteiger partial charge is 0.408 e. The van der Waals surface area contributed by atoms with Crippen LogP contribution in [0, 0.1) is 0 Å². The Morgan fingerprint density at radius 1 is 1.09 bits per heavy atom. The molecule has 23 heavy (non-hydrogen) atoms. The second-order valence-electron chi connectivity index (χ2n) is 6.21. The van der Waals surface area contributed by atoms with Gasteiger partial charge in [-0.2, -0.15) is 0 Å². The summed E-state index contributed by atoms with van der Waals surface area (Å²) in [6.45, 7) is 9.62. The molecular formula is C16H30N2O5. The van der Waals surface area contributed by atoms with Crippen LogP contribution in [-0.4, -0.2) is 42.8 Å². The molecular weight excluding hydrogens is 300 g/mol. The van der Waals surface area contributed by atoms with Crippen molar-refractivity contribution >= 4 is 18.0 Å². The zero-order valence-corrected chi connectivity index (χ0v) is 14.9. The summed E-state index contributed by atoms with van der Waals surface area (Å²) < 4.78 is 9.96. The normalized spacial score (nSPS) is 12.2. The zero-order valence-electron chi connectivity index (χ0n) is 14.9. The molecule has 0 saturated carbocycles. The number of alkyl carbamates (subject to hydrolysis) is 1. The summed E-state index contributed by atoms with van der Waals surface area (Å²) in [4.78, 5) is 35.6. The number of hydrogen-bond donors (Lipinski definition) is 2. The van der Waals surface area contributed by atoms with Gasteiger partial charge in [-0.1, -0.05) is 19.8 Å². The second kappa shape index (κ2) is 10.9. The number of rotatable bonds is 9. The number of unbranched alkanes of at least 4 members (excludes halogenated alkanes) is 2. The minimum atomic E-state index is -1.01. The van der Waals surface area contributed by atoms with Gasteiger partial charge < -0.3 is 20.1 Å². The fourth-order valence-electron chi connectivity index (χ4n) is 1.76. The molecule has 1 atom stereocenters. The van der Waals surface area contributed by atoms with E-state index in [0.717, 1.165) is 19.3 Å². The minimum Gasteiger partial charge on any atom is -0.466 e. The Morgan fingerprint density at radius 2 is 1.74 bits per heavy atom. The molecule has 0 bridgehead atoms. The molecule has 0 rings (SSSR count). The molecule has 0 aromatic heterocycles. The Balaban J connectivity index is 4.63. The Morgan fingerprint density at radius 3 is 2.26 bits per heavy atom. The van der Waals surface area contributed by atoms with Crippen molar-refractivity contribution in [2.75, 3.05) is 13.2 Å². The van der Waals surface area contributed by atoms with Crippen LogP contribution in [0.1, 0.15) is 60.3 Å². The first-order chi connectivity index (χ1) is 10.7.